The normalized spacial score (nSPS) is 28.3. The maximum absolute atomic E-state index is 11.8. The molecule has 10 heteroatoms. The number of hydrogen-bond acceptors (Lipinski definition) is 10. The van der Waals surface area contributed by atoms with Crippen molar-refractivity contribution in [3.05, 3.63) is 28.6 Å². The maximum Gasteiger partial charge on any atom is 0.382 e. The first kappa shape index (κ1) is 19.4. The largest absolute Gasteiger partial charge is 0.499 e. The quantitative estimate of drug-likeness (QED) is 0.408. The number of aromatic hydroxyl groups is 1. The Balaban J connectivity index is 1.92. The first-order valence-corrected chi connectivity index (χ1v) is 8.27. The van der Waals surface area contributed by atoms with E-state index in [1.807, 2.05) is 0 Å². The smallest absolute Gasteiger partial charge is 0.382 e. The molecule has 2 aromatic rings. The van der Waals surface area contributed by atoms with E-state index in [-0.39, 0.29) is 23.7 Å². The van der Waals surface area contributed by atoms with Crippen LogP contribution in [-0.4, -0.2) is 69.5 Å². The van der Waals surface area contributed by atoms with Gasteiger partial charge >= 0.3 is 5.63 Å². The molecule has 0 spiro atoms. The molecule has 1 aliphatic heterocycles. The van der Waals surface area contributed by atoms with Gasteiger partial charge in [-0.2, -0.15) is 0 Å². The Hall–Kier alpha value is -2.37. The minimum atomic E-state index is -1.58. The van der Waals surface area contributed by atoms with E-state index < -0.39 is 48.7 Å². The highest BCUT2D eigenvalue weighted by molar-refractivity contribution is 5.86. The highest BCUT2D eigenvalue weighted by Crippen LogP contribution is 2.34. The number of fused-ring (bicyclic) bond motifs is 1. The number of hydrogen-bond donors (Lipinski definition) is 5. The molecule has 5 atom stereocenters. The Labute approximate surface area is 152 Å². The fourth-order valence-corrected chi connectivity index (χ4v) is 2.81. The zero-order chi connectivity index (χ0) is 19.7. The average molecular weight is 384 g/mol. The van der Waals surface area contributed by atoms with Crippen LogP contribution in [-0.2, 0) is 4.74 Å². The highest BCUT2D eigenvalue weighted by Gasteiger charge is 2.44. The second-order valence-electron chi connectivity index (χ2n) is 5.97. The summed E-state index contributed by atoms with van der Waals surface area (Å²) < 4.78 is 21.0. The van der Waals surface area contributed by atoms with Gasteiger partial charge in [0.25, 0.3) is 0 Å². The molecule has 0 bridgehead atoms. The van der Waals surface area contributed by atoms with Crippen molar-refractivity contribution < 1.29 is 44.2 Å². The van der Waals surface area contributed by atoms with E-state index in [0.717, 1.165) is 0 Å². The monoisotopic (exact) mass is 384 g/mol. The lowest BCUT2D eigenvalue weighted by Gasteiger charge is -2.39. The van der Waals surface area contributed by atoms with Crippen LogP contribution in [0.4, 0.5) is 0 Å². The van der Waals surface area contributed by atoms with E-state index in [1.165, 1.54) is 18.2 Å². The molecule has 0 unspecified atom stereocenters. The summed E-state index contributed by atoms with van der Waals surface area (Å²) in [6.45, 7) is 1.32. The molecule has 1 aromatic carbocycles. The molecule has 0 radical (unpaired) electrons. The molecule has 10 nitrogen and oxygen atoms in total. The van der Waals surface area contributed by atoms with Crippen LogP contribution in [0, 0.1) is 0 Å². The predicted octanol–water partition coefficient (Wildman–Crippen LogP) is -0.924. The summed E-state index contributed by atoms with van der Waals surface area (Å²) in [6, 6.07) is 4.24. The Bertz CT molecular complexity index is 861. The number of ether oxygens (including phenoxy) is 3. The standard InChI is InChI=1S/C17H20O10/c1-2-24-15-8-4-3-7(5-9(8)26-16(23)14(15)22)25-17-13(21)12(20)11(19)10(6-18)27-17/h3-5,10-13,17-22H,2,6H2,1H3/t10-,11-,12+,13+,17+/m1/s1. The molecule has 27 heavy (non-hydrogen) atoms. The van der Waals surface area contributed by atoms with Crippen molar-refractivity contribution in [3.63, 3.8) is 0 Å². The summed E-state index contributed by atoms with van der Waals surface area (Å²) in [7, 11) is 0. The molecule has 1 saturated heterocycles. The van der Waals surface area contributed by atoms with Crippen molar-refractivity contribution in [1.82, 2.24) is 0 Å². The summed E-state index contributed by atoms with van der Waals surface area (Å²) in [5.74, 6) is -0.557. The SMILES string of the molecule is CCOc1c(O)c(=O)oc2cc(O[C@H]3O[C@H](CO)[C@@H](O)[C@H](O)[C@@H]3O)ccc12. The van der Waals surface area contributed by atoms with Crippen LogP contribution < -0.4 is 15.1 Å². The van der Waals surface area contributed by atoms with Crippen molar-refractivity contribution in [2.75, 3.05) is 13.2 Å². The molecule has 3 rings (SSSR count). The molecule has 0 amide bonds. The first-order valence-electron chi connectivity index (χ1n) is 8.27. The van der Waals surface area contributed by atoms with Crippen LogP contribution >= 0.6 is 0 Å². The first-order chi connectivity index (χ1) is 12.9. The van der Waals surface area contributed by atoms with E-state index in [0.29, 0.717) is 5.39 Å². The van der Waals surface area contributed by atoms with Crippen molar-refractivity contribution in [2.24, 2.45) is 0 Å². The van der Waals surface area contributed by atoms with Crippen LogP contribution in [0.3, 0.4) is 0 Å². The number of aliphatic hydroxyl groups excluding tert-OH is 4. The van der Waals surface area contributed by atoms with Gasteiger partial charge in [-0.25, -0.2) is 4.79 Å². The molecule has 0 saturated carbocycles. The van der Waals surface area contributed by atoms with Gasteiger partial charge in [-0.3, -0.25) is 0 Å². The third-order valence-electron chi connectivity index (χ3n) is 4.20. The molecule has 1 aliphatic rings. The molecular weight excluding hydrogens is 364 g/mol. The van der Waals surface area contributed by atoms with Crippen molar-refractivity contribution >= 4 is 11.0 Å². The van der Waals surface area contributed by atoms with Gasteiger partial charge in [0.05, 0.1) is 18.6 Å². The topological polar surface area (TPSA) is 159 Å². The van der Waals surface area contributed by atoms with Gasteiger partial charge in [0.2, 0.25) is 12.0 Å². The van der Waals surface area contributed by atoms with Gasteiger partial charge in [0.1, 0.15) is 35.7 Å². The van der Waals surface area contributed by atoms with E-state index in [2.05, 4.69) is 0 Å². The lowest BCUT2D eigenvalue weighted by atomic mass is 9.99. The molecular formula is C17H20O10. The zero-order valence-electron chi connectivity index (χ0n) is 14.3. The third kappa shape index (κ3) is 3.57. The number of benzene rings is 1. The number of rotatable bonds is 5. The van der Waals surface area contributed by atoms with Gasteiger partial charge in [0.15, 0.2) is 5.75 Å². The van der Waals surface area contributed by atoms with Gasteiger partial charge in [-0.05, 0) is 19.1 Å². The highest BCUT2D eigenvalue weighted by atomic mass is 16.7. The second kappa shape index (κ2) is 7.71. The molecule has 148 valence electrons. The second-order valence-corrected chi connectivity index (χ2v) is 5.97. The van der Waals surface area contributed by atoms with Crippen LogP contribution in [0.15, 0.2) is 27.4 Å². The van der Waals surface area contributed by atoms with Gasteiger partial charge in [-0.1, -0.05) is 0 Å². The molecule has 5 N–H and O–H groups in total. The molecule has 1 fully saturated rings. The minimum Gasteiger partial charge on any atom is -0.499 e. The summed E-state index contributed by atoms with van der Waals surface area (Å²) in [6.07, 6.45) is -7.16. The van der Waals surface area contributed by atoms with E-state index >= 15 is 0 Å². The average Bonchev–Trinajstić information content (AvgIpc) is 2.65. The zero-order valence-corrected chi connectivity index (χ0v) is 14.3. The van der Waals surface area contributed by atoms with Crippen LogP contribution in [0.5, 0.6) is 17.2 Å². The third-order valence-corrected chi connectivity index (χ3v) is 4.20. The van der Waals surface area contributed by atoms with Gasteiger partial charge < -0.3 is 44.2 Å². The Kier molecular flexibility index (Phi) is 5.53. The van der Waals surface area contributed by atoms with Crippen molar-refractivity contribution in [2.45, 2.75) is 37.6 Å². The lowest BCUT2D eigenvalue weighted by Crippen LogP contribution is -2.60. The summed E-state index contributed by atoms with van der Waals surface area (Å²) in [4.78, 5) is 11.8. The summed E-state index contributed by atoms with van der Waals surface area (Å²) >= 11 is 0. The van der Waals surface area contributed by atoms with Crippen LogP contribution in [0.25, 0.3) is 11.0 Å². The van der Waals surface area contributed by atoms with Gasteiger partial charge in [0, 0.05) is 6.07 Å². The maximum atomic E-state index is 11.8. The van der Waals surface area contributed by atoms with Crippen LogP contribution in [0.1, 0.15) is 6.92 Å². The molecule has 1 aromatic heterocycles. The molecule has 0 aliphatic carbocycles. The fraction of sp³-hybridized carbons (Fsp3) is 0.471. The van der Waals surface area contributed by atoms with Crippen LogP contribution in [0.2, 0.25) is 0 Å². The lowest BCUT2D eigenvalue weighted by molar-refractivity contribution is -0.277. The Morgan fingerprint density at radius 1 is 1.15 bits per heavy atom. The predicted molar refractivity (Wildman–Crippen MR) is 89.7 cm³/mol. The van der Waals surface area contributed by atoms with Crippen molar-refractivity contribution in [1.29, 1.82) is 0 Å². The fourth-order valence-electron chi connectivity index (χ4n) is 2.81. The Morgan fingerprint density at radius 3 is 2.56 bits per heavy atom. The van der Waals surface area contributed by atoms with E-state index in [1.54, 1.807) is 6.92 Å². The molecule has 2 heterocycles. The summed E-state index contributed by atoms with van der Waals surface area (Å²) in [5.41, 5.74) is -0.931. The number of aliphatic hydroxyl groups is 4. The van der Waals surface area contributed by atoms with Gasteiger partial charge in [-0.15, -0.1) is 0 Å². The Morgan fingerprint density at radius 2 is 1.89 bits per heavy atom. The minimum absolute atomic E-state index is 0.0249. The van der Waals surface area contributed by atoms with Crippen molar-refractivity contribution in [3.8, 4) is 17.2 Å². The van der Waals surface area contributed by atoms with E-state index in [4.69, 9.17) is 18.6 Å². The summed E-state index contributed by atoms with van der Waals surface area (Å²) in [5, 5.41) is 49.0. The van der Waals surface area contributed by atoms with E-state index in [9.17, 15) is 30.3 Å².